The number of nitro benzene ring substituents is 1. The first-order valence-corrected chi connectivity index (χ1v) is 6.17. The van der Waals surface area contributed by atoms with Crippen LogP contribution in [0.1, 0.15) is 17.3 Å². The van der Waals surface area contributed by atoms with E-state index in [2.05, 4.69) is 21.2 Å². The summed E-state index contributed by atoms with van der Waals surface area (Å²) in [5, 5.41) is 21.7. The van der Waals surface area contributed by atoms with E-state index >= 15 is 0 Å². The van der Waals surface area contributed by atoms with Gasteiger partial charge in [0.15, 0.2) is 0 Å². The number of benzene rings is 1. The molecule has 20 heavy (non-hydrogen) atoms. The molecular weight excluding hydrogens is 339 g/mol. The Labute approximate surface area is 121 Å². The maximum atomic E-state index is 13.3. The summed E-state index contributed by atoms with van der Waals surface area (Å²) in [5.74, 6) is -3.67. The second kappa shape index (κ2) is 6.42. The van der Waals surface area contributed by atoms with E-state index in [0.717, 1.165) is 6.07 Å². The van der Waals surface area contributed by atoms with E-state index in [9.17, 15) is 24.1 Å². The molecule has 0 aliphatic heterocycles. The highest BCUT2D eigenvalue weighted by Crippen LogP contribution is 2.29. The predicted octanol–water partition coefficient (Wildman–Crippen LogP) is 1.95. The maximum absolute atomic E-state index is 13.3. The third kappa shape index (κ3) is 3.73. The number of carbonyl (C=O) groups excluding carboxylic acids is 1. The van der Waals surface area contributed by atoms with E-state index in [1.54, 1.807) is 0 Å². The molecule has 0 aliphatic rings. The van der Waals surface area contributed by atoms with Gasteiger partial charge < -0.3 is 10.4 Å². The maximum Gasteiger partial charge on any atom is 0.308 e. The molecule has 9 heteroatoms. The Morgan fingerprint density at radius 3 is 2.65 bits per heavy atom. The molecule has 1 rings (SSSR count). The number of carbonyl (C=O) groups is 2. The summed E-state index contributed by atoms with van der Waals surface area (Å²) in [6.45, 7) is 1.20. The minimum Gasteiger partial charge on any atom is -0.481 e. The highest BCUT2D eigenvalue weighted by Gasteiger charge is 2.22. The van der Waals surface area contributed by atoms with Gasteiger partial charge in [-0.15, -0.1) is 0 Å². The van der Waals surface area contributed by atoms with Crippen molar-refractivity contribution < 1.29 is 24.0 Å². The molecule has 7 nitrogen and oxygen atoms in total. The highest BCUT2D eigenvalue weighted by atomic mass is 79.9. The van der Waals surface area contributed by atoms with Gasteiger partial charge in [-0.2, -0.15) is 0 Å². The van der Waals surface area contributed by atoms with Crippen molar-refractivity contribution in [3.05, 3.63) is 38.1 Å². The quantitative estimate of drug-likeness (QED) is 0.624. The van der Waals surface area contributed by atoms with Crippen LogP contribution < -0.4 is 5.32 Å². The van der Waals surface area contributed by atoms with Crippen LogP contribution in [0, 0.1) is 21.8 Å². The first-order valence-electron chi connectivity index (χ1n) is 5.38. The van der Waals surface area contributed by atoms with Crippen molar-refractivity contribution in [2.45, 2.75) is 6.92 Å². The van der Waals surface area contributed by atoms with Crippen molar-refractivity contribution in [2.75, 3.05) is 6.54 Å². The Morgan fingerprint density at radius 2 is 2.15 bits per heavy atom. The van der Waals surface area contributed by atoms with Crippen LogP contribution in [0.5, 0.6) is 0 Å². The molecule has 0 fully saturated rings. The lowest BCUT2D eigenvalue weighted by molar-refractivity contribution is -0.385. The van der Waals surface area contributed by atoms with Crippen molar-refractivity contribution in [1.82, 2.24) is 5.32 Å². The lowest BCUT2D eigenvalue weighted by atomic mass is 10.1. The zero-order valence-electron chi connectivity index (χ0n) is 10.2. The molecule has 108 valence electrons. The third-order valence-electron chi connectivity index (χ3n) is 2.45. The van der Waals surface area contributed by atoms with Gasteiger partial charge in [-0.25, -0.2) is 4.39 Å². The molecular formula is C11H10BrFN2O5. The van der Waals surface area contributed by atoms with Gasteiger partial charge in [0, 0.05) is 6.54 Å². The lowest BCUT2D eigenvalue weighted by Gasteiger charge is -2.09. The van der Waals surface area contributed by atoms with Gasteiger partial charge in [0.2, 0.25) is 0 Å². The normalized spacial score (nSPS) is 11.8. The fourth-order valence-corrected chi connectivity index (χ4v) is 1.86. The zero-order chi connectivity index (χ0) is 15.4. The van der Waals surface area contributed by atoms with Crippen molar-refractivity contribution >= 4 is 33.5 Å². The number of hydrogen-bond donors (Lipinski definition) is 2. The zero-order valence-corrected chi connectivity index (χ0v) is 11.8. The van der Waals surface area contributed by atoms with Gasteiger partial charge >= 0.3 is 5.97 Å². The average molecular weight is 349 g/mol. The molecule has 1 aromatic rings. The van der Waals surface area contributed by atoms with E-state index in [1.165, 1.54) is 6.92 Å². The molecule has 1 amide bonds. The fourth-order valence-electron chi connectivity index (χ4n) is 1.30. The molecule has 0 saturated heterocycles. The second-order valence-corrected chi connectivity index (χ2v) is 4.79. The number of halogens is 2. The topological polar surface area (TPSA) is 110 Å². The Morgan fingerprint density at radius 1 is 1.55 bits per heavy atom. The Hall–Kier alpha value is -2.03. The minimum atomic E-state index is -1.10. The van der Waals surface area contributed by atoms with Crippen LogP contribution in [0.2, 0.25) is 0 Å². The second-order valence-electron chi connectivity index (χ2n) is 3.99. The first kappa shape index (κ1) is 16.0. The van der Waals surface area contributed by atoms with E-state index in [0.29, 0.717) is 6.07 Å². The van der Waals surface area contributed by atoms with Crippen LogP contribution in [0.4, 0.5) is 10.1 Å². The molecule has 0 bridgehead atoms. The molecule has 1 unspecified atom stereocenters. The molecule has 0 spiro atoms. The van der Waals surface area contributed by atoms with Crippen molar-refractivity contribution in [3.63, 3.8) is 0 Å². The van der Waals surface area contributed by atoms with E-state index in [4.69, 9.17) is 5.11 Å². The van der Waals surface area contributed by atoms with Crippen LogP contribution in [0.25, 0.3) is 0 Å². The monoisotopic (exact) mass is 348 g/mol. The molecule has 1 aromatic carbocycles. The Balaban J connectivity index is 2.99. The number of nitrogens with one attached hydrogen (secondary N) is 1. The Bertz CT molecular complexity index is 578. The van der Waals surface area contributed by atoms with Gasteiger partial charge in [-0.3, -0.25) is 19.7 Å². The summed E-state index contributed by atoms with van der Waals surface area (Å²) >= 11 is 2.87. The molecule has 0 heterocycles. The molecule has 0 radical (unpaired) electrons. The van der Waals surface area contributed by atoms with Crippen molar-refractivity contribution in [2.24, 2.45) is 5.92 Å². The van der Waals surface area contributed by atoms with Crippen molar-refractivity contribution in [3.8, 4) is 0 Å². The number of carboxylic acid groups (broad SMARTS) is 1. The van der Waals surface area contributed by atoms with Crippen LogP contribution >= 0.6 is 15.9 Å². The molecule has 0 aliphatic carbocycles. The summed E-state index contributed by atoms with van der Waals surface area (Å²) in [6.07, 6.45) is 0. The van der Waals surface area contributed by atoms with Crippen LogP contribution in [0.15, 0.2) is 16.6 Å². The SMILES string of the molecule is CC(CNC(=O)c1cc(F)cc([N+](=O)[O-])c1Br)C(=O)O. The number of aliphatic carboxylic acids is 1. The smallest absolute Gasteiger partial charge is 0.308 e. The fraction of sp³-hybridized carbons (Fsp3) is 0.273. The number of carboxylic acids is 1. The van der Waals surface area contributed by atoms with E-state index in [-0.39, 0.29) is 16.6 Å². The lowest BCUT2D eigenvalue weighted by Crippen LogP contribution is -2.31. The van der Waals surface area contributed by atoms with Crippen LogP contribution in [-0.4, -0.2) is 28.5 Å². The summed E-state index contributed by atoms with van der Waals surface area (Å²) < 4.78 is 13.1. The summed E-state index contributed by atoms with van der Waals surface area (Å²) in [4.78, 5) is 32.3. The van der Waals surface area contributed by atoms with Crippen molar-refractivity contribution in [1.29, 1.82) is 0 Å². The van der Waals surface area contributed by atoms with Crippen LogP contribution in [0.3, 0.4) is 0 Å². The molecule has 0 aromatic heterocycles. The standard InChI is InChI=1S/C11H10BrFN2O5/c1-5(11(17)18)4-14-10(16)7-2-6(13)3-8(9(7)12)15(19)20/h2-3,5H,4H2,1H3,(H,14,16)(H,17,18). The summed E-state index contributed by atoms with van der Waals surface area (Å²) in [5.41, 5.74) is -0.851. The van der Waals surface area contributed by atoms with Crippen LogP contribution in [-0.2, 0) is 4.79 Å². The number of nitrogens with zero attached hydrogens (tertiary/aromatic N) is 1. The number of hydrogen-bond acceptors (Lipinski definition) is 4. The molecule has 2 N–H and O–H groups in total. The number of rotatable bonds is 5. The molecule has 0 saturated carbocycles. The third-order valence-corrected chi connectivity index (χ3v) is 3.28. The van der Waals surface area contributed by atoms with Gasteiger partial charge in [-0.05, 0) is 22.0 Å². The summed E-state index contributed by atoms with van der Waals surface area (Å²) in [7, 11) is 0. The van der Waals surface area contributed by atoms with Gasteiger partial charge in [0.25, 0.3) is 11.6 Å². The first-order chi connectivity index (χ1) is 9.23. The van der Waals surface area contributed by atoms with Gasteiger partial charge in [0.05, 0.1) is 22.5 Å². The van der Waals surface area contributed by atoms with Gasteiger partial charge in [-0.1, -0.05) is 6.92 Å². The number of amides is 1. The highest BCUT2D eigenvalue weighted by molar-refractivity contribution is 9.10. The predicted molar refractivity (Wildman–Crippen MR) is 69.9 cm³/mol. The minimum absolute atomic E-state index is 0.163. The van der Waals surface area contributed by atoms with Gasteiger partial charge in [0.1, 0.15) is 10.3 Å². The van der Waals surface area contributed by atoms with E-state index < -0.39 is 34.2 Å². The summed E-state index contributed by atoms with van der Waals surface area (Å²) in [6, 6.07) is 1.51. The average Bonchev–Trinajstić information content (AvgIpc) is 2.37. The Kier molecular flexibility index (Phi) is 5.14. The largest absolute Gasteiger partial charge is 0.481 e. The van der Waals surface area contributed by atoms with E-state index in [1.807, 2.05) is 0 Å². The number of nitro groups is 1. The molecule has 1 atom stereocenters.